The highest BCUT2D eigenvalue weighted by Gasteiger charge is 2.54. The second-order valence-electron chi connectivity index (χ2n) is 27.4. The maximum atomic E-state index is 12.6. The number of carbonyl (C=O) groups excluding carboxylic acids is 4. The largest absolute Gasteiger partial charge is 0.481 e. The van der Waals surface area contributed by atoms with Crippen molar-refractivity contribution >= 4 is 119 Å². The van der Waals surface area contributed by atoms with E-state index >= 15 is 0 Å². The molecule has 127 heavy (non-hydrogen) atoms. The van der Waals surface area contributed by atoms with Gasteiger partial charge in [-0.3, -0.25) is 52.7 Å². The van der Waals surface area contributed by atoms with Crippen LogP contribution in [0.3, 0.4) is 0 Å². The fourth-order valence-electron chi connectivity index (χ4n) is 11.6. The Bertz CT molecular complexity index is 4460. The van der Waals surface area contributed by atoms with Crippen LogP contribution in [-0.4, -0.2) is 307 Å². The third-order valence-corrected chi connectivity index (χ3v) is 19.0. The van der Waals surface area contributed by atoms with E-state index in [1.807, 2.05) is 47.0 Å². The van der Waals surface area contributed by atoms with Gasteiger partial charge in [-0.2, -0.15) is 11.3 Å². The topological polar surface area (TPSA) is 826 Å². The third-order valence-electron chi connectivity index (χ3n) is 18.3. The predicted molar refractivity (Wildman–Crippen MR) is 417 cm³/mol. The number of carboxylic acids is 14. The first-order valence-electron chi connectivity index (χ1n) is 37.2. The Morgan fingerprint density at radius 1 is 0.409 bits per heavy atom. The van der Waals surface area contributed by atoms with Gasteiger partial charge in [0.1, 0.15) is 74.5 Å². The van der Waals surface area contributed by atoms with Gasteiger partial charge in [-0.1, -0.05) is 121 Å². The van der Waals surface area contributed by atoms with Crippen LogP contribution in [0.25, 0.3) is 0 Å². The molecule has 1 aromatic heterocycles. The molecule has 48 nitrogen and oxygen atoms in total. The van der Waals surface area contributed by atoms with E-state index < -0.39 is 249 Å². The van der Waals surface area contributed by atoms with Gasteiger partial charge in [0.05, 0.1) is 42.9 Å². The quantitative estimate of drug-likeness (QED) is 0.0218. The Morgan fingerprint density at radius 2 is 0.835 bits per heavy atom. The number of rotatable bonds is 33. The van der Waals surface area contributed by atoms with Crippen molar-refractivity contribution in [3.63, 3.8) is 0 Å². The van der Waals surface area contributed by atoms with Crippen LogP contribution in [0.15, 0.2) is 138 Å². The number of aliphatic carboxylic acids is 14. The van der Waals surface area contributed by atoms with E-state index in [0.29, 0.717) is 36.8 Å². The summed E-state index contributed by atoms with van der Waals surface area (Å²) in [4.78, 5) is 196. The zero-order valence-corrected chi connectivity index (χ0v) is 66.8. The summed E-state index contributed by atoms with van der Waals surface area (Å²) in [6, 6.07) is 33.4. The molecular formula is C78H92N4O44S. The molecule has 0 radical (unpaired) electrons. The number of hydrogen-bond acceptors (Lipinski definition) is 31. The van der Waals surface area contributed by atoms with Gasteiger partial charge in [-0.15, -0.1) is 0 Å². The Hall–Kier alpha value is -13.8. The van der Waals surface area contributed by atoms with E-state index in [2.05, 4.69) is 15.4 Å². The maximum absolute atomic E-state index is 12.6. The lowest BCUT2D eigenvalue weighted by Crippen LogP contribution is -2.65. The molecule has 2 aliphatic carbocycles. The molecule has 2 saturated heterocycles. The summed E-state index contributed by atoms with van der Waals surface area (Å²) < 4.78 is 24.3. The number of ether oxygens (including phenoxy) is 5. The maximum Gasteiger partial charge on any atom is 0.408 e. The van der Waals surface area contributed by atoms with Gasteiger partial charge in [0, 0.05) is 6.42 Å². The lowest BCUT2D eigenvalue weighted by Gasteiger charge is -2.44. The number of thiophene rings is 1. The standard InChI is InChI=1S/C21H22N2O7.C14H16O4.C12H13NO6.C12H18O13.C7H6O4S.C6H9NO6.C6H8O4/c24-18(25)12-17(20(27)28)22-19(26)16(11-14-7-3-1-4-8-14)23-21(29)30-13-15-9-5-2-6-10-15;15-13(16)11-7-6-10(8-12(11)14(17)18)9-4-2-1-3-5-9;14-10(15)6-9(11(16)17)13-12(18)19-7-8-4-2-1-3-5-8;13-1-2(14)7(9(18)19)25-12(5(1)17)24-6-3(15)4(16)11(22)23-8(6)10(20)21;8-6(9)5(7(10)11)4-1-2-12-3-4;8-3(6(12)13)1-4(9)7-2-5(10)11;7-5(8)3-1-2-4(3)6(9)10/h1-10,16-17H,11-13H2,(H,22,26)(H,23,29)(H,24,25)(H,27,28);1-5,10-12H,6-8H2,(H,15,16)(H,17,18);1-5,9H,6-7H2,(H,13,18)(H,14,15)(H,16,17);1-8,11-17,22H,(H,18,19)(H,20,21);1-3,5H,(H,8,9)(H,10,11);3,8H,1-2H2,(H,7,9)(H,10,11)(H,12,13);3-4H,1-2H2,(H,7,8)(H,9,10)/t16-,17-;10-,11-,12+;;1-,2+,3+,4+,5+,6+,7-,8-,11?,12-;;;3-,4-/m01.0..1/s1. The van der Waals surface area contributed by atoms with Crippen LogP contribution in [0.1, 0.15) is 91.0 Å². The minimum atomic E-state index is -2.03. The highest BCUT2D eigenvalue weighted by molar-refractivity contribution is 7.08. The van der Waals surface area contributed by atoms with Crippen LogP contribution in [0.4, 0.5) is 9.59 Å². The van der Waals surface area contributed by atoms with E-state index in [9.17, 15) is 117 Å². The average molecular weight is 1820 g/mol. The van der Waals surface area contributed by atoms with Gasteiger partial charge >= 0.3 is 95.8 Å². The Morgan fingerprint density at radius 3 is 1.23 bits per heavy atom. The van der Waals surface area contributed by atoms with Crippen LogP contribution in [-0.2, 0) is 120 Å². The summed E-state index contributed by atoms with van der Waals surface area (Å²) in [7, 11) is 0. The predicted octanol–water partition coefficient (Wildman–Crippen LogP) is -1.24. The zero-order chi connectivity index (χ0) is 95.6. The van der Waals surface area contributed by atoms with Gasteiger partial charge < -0.3 is 152 Å². The van der Waals surface area contributed by atoms with Crippen molar-refractivity contribution in [3.05, 3.63) is 166 Å². The highest BCUT2D eigenvalue weighted by Crippen LogP contribution is 2.40. The molecule has 4 aliphatic rings. The monoisotopic (exact) mass is 1820 g/mol. The molecule has 0 spiro atoms. The van der Waals surface area contributed by atoms with Gasteiger partial charge in [0.2, 0.25) is 11.8 Å². The van der Waals surface area contributed by atoms with E-state index in [-0.39, 0.29) is 25.6 Å². The Kier molecular flexibility index (Phi) is 45.8. The normalized spacial score (nSPS) is 22.6. The molecule has 4 amide bonds. The van der Waals surface area contributed by atoms with Gasteiger partial charge in [-0.05, 0) is 82.7 Å². The molecule has 2 saturated carbocycles. The van der Waals surface area contributed by atoms with Gasteiger partial charge in [0.25, 0.3) is 0 Å². The van der Waals surface area contributed by atoms with Crippen molar-refractivity contribution in [1.82, 2.24) is 21.3 Å². The molecule has 3 heterocycles. The van der Waals surface area contributed by atoms with Crippen LogP contribution in [0, 0.1) is 23.7 Å². The second-order valence-corrected chi connectivity index (χ2v) is 28.2. The molecule has 4 aromatic carbocycles. The first kappa shape index (κ1) is 107. The van der Waals surface area contributed by atoms with Crippen LogP contribution >= 0.6 is 11.3 Å². The molecule has 19 atom stereocenters. The van der Waals surface area contributed by atoms with Crippen molar-refractivity contribution in [3.8, 4) is 0 Å². The second kappa shape index (κ2) is 54.1. The first-order chi connectivity index (χ1) is 59.7. The van der Waals surface area contributed by atoms with E-state index in [1.54, 1.807) is 90.3 Å². The number of amides is 4. The molecule has 49 heteroatoms. The molecule has 0 bridgehead atoms. The number of alkyl carbamates (subject to hydrolysis) is 2. The van der Waals surface area contributed by atoms with Gasteiger partial charge in [-0.25, -0.2) is 33.6 Å². The molecule has 9 rings (SSSR count). The van der Waals surface area contributed by atoms with Crippen LogP contribution < -0.4 is 21.3 Å². The number of hydrogen-bond donors (Lipinski definition) is 25. The summed E-state index contributed by atoms with van der Waals surface area (Å²) in [5.74, 6) is -24.1. The first-order valence-corrected chi connectivity index (χ1v) is 38.1. The smallest absolute Gasteiger partial charge is 0.408 e. The van der Waals surface area contributed by atoms with Crippen molar-refractivity contribution in [1.29, 1.82) is 0 Å². The third kappa shape index (κ3) is 37.7. The van der Waals surface area contributed by atoms with Crippen LogP contribution in [0.2, 0.25) is 0 Å². The summed E-state index contributed by atoms with van der Waals surface area (Å²) in [5.41, 5.74) is 3.63. The minimum Gasteiger partial charge on any atom is -0.481 e. The number of aliphatic hydroxyl groups excluding tert-OH is 7. The summed E-state index contributed by atoms with van der Waals surface area (Å²) >= 11 is 1.28. The Balaban J connectivity index is 0.000000393. The minimum absolute atomic E-state index is 0.0108. The lowest BCUT2D eigenvalue weighted by atomic mass is 9.72. The molecule has 694 valence electrons. The highest BCUT2D eigenvalue weighted by atomic mass is 32.1. The SMILES string of the molecule is O=C(O)C(C(=O)O)c1ccsc1.O=C(O)CC(NC(=O)OCc1ccccc1)C(=O)O.O=C(O)CNC(=O)CC(O)C(=O)O.O=C(O)C[C@H](NC(=O)[C@H](Cc1ccccc1)NC(=O)OCc1ccccc1)C(=O)O.O=C(O)[C@@H]1CC[C@H]1C(=O)O.O=C(O)[C@H]1C[C@H](c2ccccc2)CC[C@H]1C(=O)O.O=C(O)[C@H]1O[C@H](O[C@@H]2[C@H](O)[C@@H](O)C(O)O[C@@H]2C(=O)O)[C@H](O)[C@@H](O)[C@H]1O. The molecule has 3 unspecified atom stereocenters. The van der Waals surface area contributed by atoms with Crippen molar-refractivity contribution in [2.75, 3.05) is 6.54 Å². The number of nitrogens with one attached hydrogen (secondary N) is 4. The zero-order valence-electron chi connectivity index (χ0n) is 66.0. The fourth-order valence-corrected chi connectivity index (χ4v) is 12.3. The summed E-state index contributed by atoms with van der Waals surface area (Å²) in [6.45, 7) is -0.625. The molecule has 25 N–H and O–H groups in total. The fraction of sp³-hybridized carbons (Fsp3) is 0.410. The molecule has 2 aliphatic heterocycles. The number of carbonyl (C=O) groups is 18. The van der Waals surface area contributed by atoms with E-state index in [1.165, 1.54) is 22.8 Å². The number of benzene rings is 4. The molecular weight excluding hydrogens is 1730 g/mol. The van der Waals surface area contributed by atoms with Gasteiger partial charge in [0.15, 0.2) is 36.8 Å². The van der Waals surface area contributed by atoms with E-state index in [4.69, 9.17) is 95.5 Å². The van der Waals surface area contributed by atoms with Crippen LogP contribution in [0.5, 0.6) is 0 Å². The number of carboxylic acid groups (broad SMARTS) is 14. The molecule has 4 fully saturated rings. The number of aliphatic hydroxyl groups is 7. The van der Waals surface area contributed by atoms with Crippen molar-refractivity contribution < 1.29 is 217 Å². The Labute approximate surface area is 719 Å². The summed E-state index contributed by atoms with van der Waals surface area (Å²) in [6.07, 6.45) is -23.0. The van der Waals surface area contributed by atoms with E-state index in [0.717, 1.165) is 23.1 Å². The van der Waals surface area contributed by atoms with Crippen molar-refractivity contribution in [2.45, 2.75) is 168 Å². The average Bonchev–Trinajstić information content (AvgIpc) is 1.09. The molecule has 5 aromatic rings. The van der Waals surface area contributed by atoms with Crippen molar-refractivity contribution in [2.24, 2.45) is 23.7 Å². The lowest BCUT2D eigenvalue weighted by molar-refractivity contribution is -0.346. The summed E-state index contributed by atoms with van der Waals surface area (Å²) in [5, 5.41) is 200.